The number of nitrogens with zero attached hydrogens (tertiary/aromatic N) is 4. The molecule has 0 spiro atoms. The van der Waals surface area contributed by atoms with Crippen LogP contribution in [0.4, 0.5) is 16.3 Å². The van der Waals surface area contributed by atoms with Crippen LogP contribution < -0.4 is 9.80 Å². The van der Waals surface area contributed by atoms with Gasteiger partial charge in [-0.2, -0.15) is 0 Å². The number of benzene rings is 1. The van der Waals surface area contributed by atoms with Crippen molar-refractivity contribution in [2.24, 2.45) is 0 Å². The van der Waals surface area contributed by atoms with E-state index in [2.05, 4.69) is 9.88 Å². The Kier molecular flexibility index (Phi) is 4.02. The molecule has 3 heterocycles. The van der Waals surface area contributed by atoms with Gasteiger partial charge in [0.1, 0.15) is 5.82 Å². The molecule has 1 fully saturated rings. The molecular formula is C18H19ClN4O. The van der Waals surface area contributed by atoms with E-state index in [1.165, 1.54) is 0 Å². The van der Waals surface area contributed by atoms with Gasteiger partial charge in [-0.1, -0.05) is 17.7 Å². The number of piperazine rings is 1. The molecule has 1 aromatic heterocycles. The van der Waals surface area contributed by atoms with Crippen molar-refractivity contribution in [1.29, 1.82) is 0 Å². The zero-order valence-electron chi connectivity index (χ0n) is 13.4. The first kappa shape index (κ1) is 15.3. The molecule has 0 bridgehead atoms. The molecule has 124 valence electrons. The molecular weight excluding hydrogens is 324 g/mol. The summed E-state index contributed by atoms with van der Waals surface area (Å²) >= 11 is 6.05. The normalized spacial score (nSPS) is 17.1. The minimum absolute atomic E-state index is 0.0942. The smallest absolute Gasteiger partial charge is 0.324 e. The van der Waals surface area contributed by atoms with Gasteiger partial charge in [0.15, 0.2) is 0 Å². The monoisotopic (exact) mass is 342 g/mol. The topological polar surface area (TPSA) is 39.7 Å². The number of pyridine rings is 1. The molecule has 24 heavy (non-hydrogen) atoms. The van der Waals surface area contributed by atoms with E-state index in [1.54, 1.807) is 6.20 Å². The fourth-order valence-corrected chi connectivity index (χ4v) is 3.60. The highest BCUT2D eigenvalue weighted by Gasteiger charge is 2.30. The number of hydrogen-bond donors (Lipinski definition) is 0. The highest BCUT2D eigenvalue weighted by Crippen LogP contribution is 2.31. The van der Waals surface area contributed by atoms with Crippen LogP contribution in [-0.4, -0.2) is 48.6 Å². The first-order valence-electron chi connectivity index (χ1n) is 8.23. The van der Waals surface area contributed by atoms with Gasteiger partial charge in [0.25, 0.3) is 0 Å². The second-order valence-electron chi connectivity index (χ2n) is 6.12. The summed E-state index contributed by atoms with van der Waals surface area (Å²) in [5.41, 5.74) is 2.15. The minimum atomic E-state index is 0.0942. The number of carbonyl (C=O) groups excluding carboxylic acids is 1. The Morgan fingerprint density at radius 3 is 2.62 bits per heavy atom. The lowest BCUT2D eigenvalue weighted by Gasteiger charge is -2.37. The molecule has 5 nitrogen and oxygen atoms in total. The second-order valence-corrected chi connectivity index (χ2v) is 6.56. The number of anilines is 2. The van der Waals surface area contributed by atoms with Gasteiger partial charge in [-0.3, -0.25) is 4.90 Å². The van der Waals surface area contributed by atoms with Crippen molar-refractivity contribution in [2.75, 3.05) is 42.5 Å². The molecule has 2 aliphatic rings. The highest BCUT2D eigenvalue weighted by atomic mass is 35.5. The standard InChI is InChI=1S/C18H19ClN4O/c19-15-4-5-16-14(13-15)6-8-23(16)18(24)22-11-9-21(10-12-22)17-3-1-2-7-20-17/h1-5,7,13H,6,8-12H2. The summed E-state index contributed by atoms with van der Waals surface area (Å²) in [6.07, 6.45) is 2.68. The van der Waals surface area contributed by atoms with Crippen LogP contribution in [0.5, 0.6) is 0 Å². The van der Waals surface area contributed by atoms with Gasteiger partial charge in [0, 0.05) is 49.6 Å². The van der Waals surface area contributed by atoms with E-state index in [1.807, 2.05) is 46.2 Å². The van der Waals surface area contributed by atoms with Crippen molar-refractivity contribution in [2.45, 2.75) is 6.42 Å². The first-order valence-corrected chi connectivity index (χ1v) is 8.61. The summed E-state index contributed by atoms with van der Waals surface area (Å²) in [5, 5.41) is 0.729. The SMILES string of the molecule is O=C(N1CCN(c2ccccn2)CC1)N1CCc2cc(Cl)ccc21. The molecule has 0 aliphatic carbocycles. The Balaban J connectivity index is 1.43. The Morgan fingerprint density at radius 2 is 1.88 bits per heavy atom. The summed E-state index contributed by atoms with van der Waals surface area (Å²) in [5.74, 6) is 0.978. The third kappa shape index (κ3) is 2.80. The minimum Gasteiger partial charge on any atom is -0.353 e. The average Bonchev–Trinajstić information content (AvgIpc) is 3.05. The number of halogens is 1. The van der Waals surface area contributed by atoms with Crippen molar-refractivity contribution in [3.63, 3.8) is 0 Å². The molecule has 0 N–H and O–H groups in total. The van der Waals surface area contributed by atoms with Gasteiger partial charge in [-0.25, -0.2) is 9.78 Å². The van der Waals surface area contributed by atoms with Crippen LogP contribution in [0.15, 0.2) is 42.6 Å². The van der Waals surface area contributed by atoms with Crippen molar-refractivity contribution >= 4 is 29.1 Å². The maximum Gasteiger partial charge on any atom is 0.324 e. The van der Waals surface area contributed by atoms with Crippen LogP contribution in [0.1, 0.15) is 5.56 Å². The summed E-state index contributed by atoms with van der Waals surface area (Å²) in [6.45, 7) is 3.78. The van der Waals surface area contributed by atoms with Crippen LogP contribution in [0.2, 0.25) is 5.02 Å². The van der Waals surface area contributed by atoms with Crippen molar-refractivity contribution in [1.82, 2.24) is 9.88 Å². The van der Waals surface area contributed by atoms with Crippen LogP contribution in [-0.2, 0) is 6.42 Å². The Morgan fingerprint density at radius 1 is 1.04 bits per heavy atom. The van der Waals surface area contributed by atoms with Gasteiger partial charge >= 0.3 is 6.03 Å². The fraction of sp³-hybridized carbons (Fsp3) is 0.333. The molecule has 0 unspecified atom stereocenters. The van der Waals surface area contributed by atoms with Gasteiger partial charge in [-0.15, -0.1) is 0 Å². The quantitative estimate of drug-likeness (QED) is 0.799. The Labute approximate surface area is 146 Å². The zero-order chi connectivity index (χ0) is 16.5. The lowest BCUT2D eigenvalue weighted by atomic mass is 10.2. The molecule has 2 aromatic rings. The van der Waals surface area contributed by atoms with E-state index in [9.17, 15) is 4.79 Å². The van der Waals surface area contributed by atoms with Gasteiger partial charge in [0.05, 0.1) is 0 Å². The number of carbonyl (C=O) groups is 1. The predicted molar refractivity (Wildman–Crippen MR) is 95.9 cm³/mol. The van der Waals surface area contributed by atoms with E-state index in [0.29, 0.717) is 0 Å². The first-order chi connectivity index (χ1) is 11.7. The van der Waals surface area contributed by atoms with E-state index in [-0.39, 0.29) is 6.03 Å². The largest absolute Gasteiger partial charge is 0.353 e. The molecule has 0 radical (unpaired) electrons. The molecule has 4 rings (SSSR count). The number of aromatic nitrogens is 1. The van der Waals surface area contributed by atoms with Gasteiger partial charge in [0.2, 0.25) is 0 Å². The number of amides is 2. The maximum absolute atomic E-state index is 12.9. The summed E-state index contributed by atoms with van der Waals surface area (Å²) in [6, 6.07) is 11.8. The lowest BCUT2D eigenvalue weighted by Crippen LogP contribution is -2.53. The van der Waals surface area contributed by atoms with Crippen LogP contribution >= 0.6 is 11.6 Å². The third-order valence-electron chi connectivity index (χ3n) is 4.69. The van der Waals surface area contributed by atoms with Crippen molar-refractivity contribution < 1.29 is 4.79 Å². The maximum atomic E-state index is 12.9. The highest BCUT2D eigenvalue weighted by molar-refractivity contribution is 6.30. The molecule has 6 heteroatoms. The van der Waals surface area contributed by atoms with Crippen LogP contribution in [0, 0.1) is 0 Å². The molecule has 2 aliphatic heterocycles. The van der Waals surface area contributed by atoms with E-state index in [4.69, 9.17) is 11.6 Å². The average molecular weight is 343 g/mol. The lowest BCUT2D eigenvalue weighted by molar-refractivity contribution is 0.201. The van der Waals surface area contributed by atoms with Crippen LogP contribution in [0.3, 0.4) is 0 Å². The third-order valence-corrected chi connectivity index (χ3v) is 4.93. The van der Waals surface area contributed by atoms with E-state index in [0.717, 1.165) is 61.2 Å². The Bertz CT molecular complexity index is 744. The molecule has 2 amide bonds. The van der Waals surface area contributed by atoms with Crippen molar-refractivity contribution in [3.8, 4) is 0 Å². The summed E-state index contributed by atoms with van der Waals surface area (Å²) in [7, 11) is 0. The Hall–Kier alpha value is -2.27. The zero-order valence-corrected chi connectivity index (χ0v) is 14.1. The second kappa shape index (κ2) is 6.32. The molecule has 1 saturated heterocycles. The van der Waals surface area contributed by atoms with Crippen molar-refractivity contribution in [3.05, 3.63) is 53.2 Å². The number of hydrogen-bond acceptors (Lipinski definition) is 3. The van der Waals surface area contributed by atoms with Gasteiger partial charge in [-0.05, 0) is 42.3 Å². The number of fused-ring (bicyclic) bond motifs is 1. The molecule has 0 saturated carbocycles. The predicted octanol–water partition coefficient (Wildman–Crippen LogP) is 3.04. The molecule has 1 aromatic carbocycles. The number of rotatable bonds is 1. The summed E-state index contributed by atoms with van der Waals surface area (Å²) < 4.78 is 0. The van der Waals surface area contributed by atoms with Crippen LogP contribution in [0.25, 0.3) is 0 Å². The van der Waals surface area contributed by atoms with E-state index >= 15 is 0 Å². The van der Waals surface area contributed by atoms with Gasteiger partial charge < -0.3 is 9.80 Å². The summed E-state index contributed by atoms with van der Waals surface area (Å²) in [4.78, 5) is 23.3. The van der Waals surface area contributed by atoms with E-state index < -0.39 is 0 Å². The number of urea groups is 1. The molecule has 0 atom stereocenters. The fourth-order valence-electron chi connectivity index (χ4n) is 3.41.